The number of carbonyl (C=O) groups is 3. The van der Waals surface area contributed by atoms with Crippen LogP contribution in [0.3, 0.4) is 0 Å². The van der Waals surface area contributed by atoms with Crippen molar-refractivity contribution in [2.45, 2.75) is 51.7 Å². The van der Waals surface area contributed by atoms with Crippen LogP contribution in [0.1, 0.15) is 40.0 Å². The number of hydrogen-bond donors (Lipinski definition) is 3. The number of alkyl carbamates (subject to hydrolysis) is 1. The lowest BCUT2D eigenvalue weighted by Crippen LogP contribution is -2.43. The van der Waals surface area contributed by atoms with Gasteiger partial charge in [-0.2, -0.15) is 0 Å². The van der Waals surface area contributed by atoms with Crippen molar-refractivity contribution in [3.63, 3.8) is 0 Å². The van der Waals surface area contributed by atoms with Gasteiger partial charge in [-0.05, 0) is 64.3 Å². The van der Waals surface area contributed by atoms with E-state index in [1.165, 1.54) is 24.3 Å². The van der Waals surface area contributed by atoms with E-state index in [-0.39, 0.29) is 18.7 Å². The lowest BCUT2D eigenvalue weighted by molar-refractivity contribution is -0.139. The summed E-state index contributed by atoms with van der Waals surface area (Å²) >= 11 is 0. The van der Waals surface area contributed by atoms with Crippen LogP contribution in [-0.2, 0) is 9.53 Å². The van der Waals surface area contributed by atoms with Crippen LogP contribution < -0.4 is 15.4 Å². The lowest BCUT2D eigenvalue weighted by Gasteiger charge is -2.22. The highest BCUT2D eigenvalue weighted by atomic mass is 19.1. The van der Waals surface area contributed by atoms with Crippen LogP contribution in [0.2, 0.25) is 0 Å². The zero-order valence-corrected chi connectivity index (χ0v) is 15.6. The van der Waals surface area contributed by atoms with E-state index in [0.717, 1.165) is 0 Å². The van der Waals surface area contributed by atoms with Crippen LogP contribution in [-0.4, -0.2) is 41.4 Å². The molecule has 1 unspecified atom stereocenters. The first-order valence-corrected chi connectivity index (χ1v) is 8.50. The predicted molar refractivity (Wildman–Crippen MR) is 95.1 cm³/mol. The van der Waals surface area contributed by atoms with E-state index in [4.69, 9.17) is 14.6 Å². The minimum Gasteiger partial charge on any atom is -0.480 e. The predicted octanol–water partition coefficient (Wildman–Crippen LogP) is 3.06. The molecule has 2 amide bonds. The van der Waals surface area contributed by atoms with Crippen molar-refractivity contribution >= 4 is 18.2 Å². The Labute approximate surface area is 157 Å². The first-order chi connectivity index (χ1) is 12.6. The first kappa shape index (κ1) is 22.2. The molecule has 0 aliphatic rings. The monoisotopic (exact) mass is 384 g/mol. The number of hydrogen-bond acceptors (Lipinski definition) is 5. The van der Waals surface area contributed by atoms with E-state index >= 15 is 0 Å². The molecule has 0 saturated carbocycles. The number of aliphatic carboxylic acids is 1. The normalized spacial score (nSPS) is 12.0. The maximum atomic E-state index is 12.8. The van der Waals surface area contributed by atoms with Crippen LogP contribution in [0.4, 0.5) is 14.0 Å². The molecule has 1 aromatic rings. The van der Waals surface area contributed by atoms with Gasteiger partial charge in [-0.3, -0.25) is 0 Å². The fourth-order valence-corrected chi connectivity index (χ4v) is 2.02. The fraction of sp³-hybridized carbons (Fsp3) is 0.500. The summed E-state index contributed by atoms with van der Waals surface area (Å²) in [6.07, 6.45) is -0.371. The van der Waals surface area contributed by atoms with Crippen LogP contribution in [0.25, 0.3) is 0 Å². The fourth-order valence-electron chi connectivity index (χ4n) is 2.02. The van der Waals surface area contributed by atoms with E-state index < -0.39 is 35.6 Å². The van der Waals surface area contributed by atoms with Gasteiger partial charge in [0.2, 0.25) is 0 Å². The highest BCUT2D eigenvalue weighted by Crippen LogP contribution is 2.11. The molecule has 0 spiro atoms. The van der Waals surface area contributed by atoms with Gasteiger partial charge in [0, 0.05) is 6.54 Å². The third-order valence-electron chi connectivity index (χ3n) is 3.20. The molecule has 0 saturated heterocycles. The van der Waals surface area contributed by atoms with Gasteiger partial charge in [0.15, 0.2) is 0 Å². The van der Waals surface area contributed by atoms with Crippen LogP contribution in [0.15, 0.2) is 24.3 Å². The van der Waals surface area contributed by atoms with Gasteiger partial charge < -0.3 is 25.2 Å². The molecule has 0 heterocycles. The van der Waals surface area contributed by atoms with Gasteiger partial charge in [0.05, 0.1) is 0 Å². The van der Waals surface area contributed by atoms with Crippen molar-refractivity contribution in [2.24, 2.45) is 0 Å². The standard InChI is InChI=1S/C18H25FN2O6/c1-18(2,3)27-17(25)21-14(15(22)23)6-4-5-11-20-16(24)26-13-9-7-12(19)8-10-13/h7-10,14H,4-6,11H2,1-3H3,(H,20,24)(H,21,25)(H,22,23). The van der Waals surface area contributed by atoms with E-state index in [0.29, 0.717) is 12.8 Å². The molecule has 9 heteroatoms. The summed E-state index contributed by atoms with van der Waals surface area (Å²) in [6.45, 7) is 5.30. The maximum Gasteiger partial charge on any atom is 0.412 e. The number of carbonyl (C=O) groups excluding carboxylic acids is 2. The summed E-state index contributed by atoms with van der Waals surface area (Å²) in [6, 6.07) is 3.92. The zero-order chi connectivity index (χ0) is 20.4. The van der Waals surface area contributed by atoms with Gasteiger partial charge >= 0.3 is 18.2 Å². The molecule has 0 aliphatic carbocycles. The topological polar surface area (TPSA) is 114 Å². The number of halogens is 1. The smallest absolute Gasteiger partial charge is 0.412 e. The molecule has 150 valence electrons. The molecule has 27 heavy (non-hydrogen) atoms. The number of amides is 2. The Morgan fingerprint density at radius 3 is 2.30 bits per heavy atom. The van der Waals surface area contributed by atoms with E-state index in [1.807, 2.05) is 0 Å². The van der Waals surface area contributed by atoms with Crippen molar-refractivity contribution in [1.82, 2.24) is 10.6 Å². The minimum absolute atomic E-state index is 0.184. The average molecular weight is 384 g/mol. The molecule has 0 aliphatic heterocycles. The summed E-state index contributed by atoms with van der Waals surface area (Å²) in [4.78, 5) is 34.5. The van der Waals surface area contributed by atoms with Gasteiger partial charge in [0.1, 0.15) is 23.2 Å². The highest BCUT2D eigenvalue weighted by molar-refractivity contribution is 5.79. The lowest BCUT2D eigenvalue weighted by atomic mass is 10.1. The molecular weight excluding hydrogens is 359 g/mol. The summed E-state index contributed by atoms with van der Waals surface area (Å²) in [5.74, 6) is -1.39. The van der Waals surface area contributed by atoms with Crippen LogP contribution in [0.5, 0.6) is 5.75 Å². The molecule has 0 fully saturated rings. The summed E-state index contributed by atoms with van der Waals surface area (Å²) in [5.41, 5.74) is -0.720. The Balaban J connectivity index is 2.27. The largest absolute Gasteiger partial charge is 0.480 e. The van der Waals surface area contributed by atoms with Crippen molar-refractivity contribution in [3.05, 3.63) is 30.1 Å². The molecule has 3 N–H and O–H groups in total. The molecule has 1 aromatic carbocycles. The third kappa shape index (κ3) is 10.0. The van der Waals surface area contributed by atoms with Gasteiger partial charge in [0.25, 0.3) is 0 Å². The second-order valence-corrected chi connectivity index (χ2v) is 6.80. The van der Waals surface area contributed by atoms with Crippen molar-refractivity contribution in [1.29, 1.82) is 0 Å². The van der Waals surface area contributed by atoms with Crippen LogP contribution >= 0.6 is 0 Å². The molecular formula is C18H25FN2O6. The van der Waals surface area contributed by atoms with E-state index in [1.54, 1.807) is 20.8 Å². The molecule has 0 bridgehead atoms. The Bertz CT molecular complexity index is 642. The van der Waals surface area contributed by atoms with Crippen molar-refractivity contribution in [2.75, 3.05) is 6.54 Å². The van der Waals surface area contributed by atoms with Crippen LogP contribution in [0, 0.1) is 5.82 Å². The average Bonchev–Trinajstić information content (AvgIpc) is 2.53. The number of benzene rings is 1. The Morgan fingerprint density at radius 1 is 1.11 bits per heavy atom. The molecule has 1 rings (SSSR count). The summed E-state index contributed by atoms with van der Waals surface area (Å²) < 4.78 is 22.7. The Kier molecular flexibility index (Phi) is 8.50. The molecule has 0 radical (unpaired) electrons. The highest BCUT2D eigenvalue weighted by Gasteiger charge is 2.23. The molecule has 0 aromatic heterocycles. The van der Waals surface area contributed by atoms with Gasteiger partial charge in [-0.1, -0.05) is 0 Å². The number of carboxylic acids is 1. The Hall–Kier alpha value is -2.84. The van der Waals surface area contributed by atoms with E-state index in [9.17, 15) is 18.8 Å². The number of unbranched alkanes of at least 4 members (excludes halogenated alkanes) is 1. The number of nitrogens with one attached hydrogen (secondary N) is 2. The van der Waals surface area contributed by atoms with Crippen molar-refractivity contribution in [3.8, 4) is 5.75 Å². The third-order valence-corrected chi connectivity index (χ3v) is 3.20. The summed E-state index contributed by atoms with van der Waals surface area (Å²) in [7, 11) is 0. The second kappa shape index (κ2) is 10.3. The zero-order valence-electron chi connectivity index (χ0n) is 15.6. The number of carboxylic acid groups (broad SMARTS) is 1. The number of rotatable bonds is 8. The maximum absolute atomic E-state index is 12.8. The van der Waals surface area contributed by atoms with E-state index in [2.05, 4.69) is 10.6 Å². The molecule has 8 nitrogen and oxygen atoms in total. The van der Waals surface area contributed by atoms with Gasteiger partial charge in [-0.15, -0.1) is 0 Å². The SMILES string of the molecule is CC(C)(C)OC(=O)NC(CCCCNC(=O)Oc1ccc(F)cc1)C(=O)O. The summed E-state index contributed by atoms with van der Waals surface area (Å²) in [5, 5.41) is 14.0. The minimum atomic E-state index is -1.16. The number of ether oxygens (including phenoxy) is 2. The quantitative estimate of drug-likeness (QED) is 0.594. The van der Waals surface area contributed by atoms with Gasteiger partial charge in [-0.25, -0.2) is 18.8 Å². The first-order valence-electron chi connectivity index (χ1n) is 8.50. The Morgan fingerprint density at radius 2 is 1.74 bits per heavy atom. The molecule has 1 atom stereocenters. The second-order valence-electron chi connectivity index (χ2n) is 6.80. The van der Waals surface area contributed by atoms with Crippen molar-refractivity contribution < 1.29 is 33.4 Å².